The van der Waals surface area contributed by atoms with Crippen LogP contribution < -0.4 is 5.69 Å². The van der Waals surface area contributed by atoms with E-state index in [1.807, 2.05) is 43.5 Å². The molecule has 1 saturated carbocycles. The van der Waals surface area contributed by atoms with Gasteiger partial charge in [-0.1, -0.05) is 44.5 Å². The molecule has 1 aromatic carbocycles. The topological polar surface area (TPSA) is 132 Å². The minimum atomic E-state index is -0.846. The second-order valence-electron chi connectivity index (χ2n) is 9.48. The predicted molar refractivity (Wildman–Crippen MR) is 133 cm³/mol. The zero-order chi connectivity index (χ0) is 25.2. The van der Waals surface area contributed by atoms with Gasteiger partial charge in [0.05, 0.1) is 18.5 Å². The van der Waals surface area contributed by atoms with Gasteiger partial charge in [0.2, 0.25) is 0 Å². The molecule has 186 valence electrons. The van der Waals surface area contributed by atoms with Crippen molar-refractivity contribution in [2.45, 2.75) is 52.1 Å². The molecule has 1 fully saturated rings. The monoisotopic (exact) mass is 487 g/mol. The summed E-state index contributed by atoms with van der Waals surface area (Å²) >= 11 is 0. The highest BCUT2D eigenvalue weighted by Crippen LogP contribution is 2.43. The molecule has 0 radical (unpaired) electrons. The number of tetrazole rings is 1. The first-order valence-electron chi connectivity index (χ1n) is 12.3. The number of hydrogen-bond donors (Lipinski definition) is 2. The van der Waals surface area contributed by atoms with E-state index in [9.17, 15) is 14.7 Å². The smallest absolute Gasteiger partial charge is 0.328 e. The Bertz CT molecular complexity index is 1420. The first-order valence-corrected chi connectivity index (χ1v) is 12.3. The molecule has 10 nitrogen and oxygen atoms in total. The van der Waals surface area contributed by atoms with E-state index in [1.54, 1.807) is 21.5 Å². The number of H-pyrrole nitrogens is 1. The van der Waals surface area contributed by atoms with Crippen molar-refractivity contribution in [1.82, 2.24) is 34.7 Å². The minimum Gasteiger partial charge on any atom is -0.481 e. The number of aromatic amines is 1. The fourth-order valence-corrected chi connectivity index (χ4v) is 5.27. The third kappa shape index (κ3) is 4.23. The second-order valence-corrected chi connectivity index (χ2v) is 9.48. The molecule has 0 aliphatic heterocycles. The number of aryl methyl sites for hydroxylation is 1. The van der Waals surface area contributed by atoms with E-state index in [2.05, 4.69) is 32.5 Å². The van der Waals surface area contributed by atoms with Gasteiger partial charge in [-0.05, 0) is 58.4 Å². The highest BCUT2D eigenvalue weighted by atomic mass is 16.4. The van der Waals surface area contributed by atoms with Crippen molar-refractivity contribution in [2.75, 3.05) is 0 Å². The Morgan fingerprint density at radius 2 is 2.00 bits per heavy atom. The van der Waals surface area contributed by atoms with Gasteiger partial charge in [0.25, 0.3) is 0 Å². The summed E-state index contributed by atoms with van der Waals surface area (Å²) in [7, 11) is 0. The molecule has 0 amide bonds. The molecule has 36 heavy (non-hydrogen) atoms. The number of carbonyl (C=O) groups is 1. The molecule has 5 rings (SSSR count). The fourth-order valence-electron chi connectivity index (χ4n) is 5.27. The summed E-state index contributed by atoms with van der Waals surface area (Å²) in [4.78, 5) is 29.8. The summed E-state index contributed by atoms with van der Waals surface area (Å²) in [5, 5.41) is 24.0. The number of imidazole rings is 1. The number of unbranched alkanes of at least 4 members (excludes halogenated alkanes) is 1. The highest BCUT2D eigenvalue weighted by molar-refractivity contribution is 5.81. The van der Waals surface area contributed by atoms with Crippen molar-refractivity contribution >= 4 is 5.97 Å². The van der Waals surface area contributed by atoms with Crippen molar-refractivity contribution in [1.29, 1.82) is 0 Å². The lowest BCUT2D eigenvalue weighted by atomic mass is 9.70. The van der Waals surface area contributed by atoms with Crippen LogP contribution in [-0.4, -0.2) is 45.8 Å². The Balaban J connectivity index is 1.57. The van der Waals surface area contributed by atoms with Crippen LogP contribution in [0.4, 0.5) is 0 Å². The first kappa shape index (κ1) is 23.7. The number of pyridine rings is 1. The molecule has 1 aliphatic carbocycles. The van der Waals surface area contributed by atoms with Crippen LogP contribution >= 0.6 is 0 Å². The number of nitrogens with zero attached hydrogens (tertiary/aromatic N) is 6. The van der Waals surface area contributed by atoms with E-state index in [0.717, 1.165) is 47.2 Å². The van der Waals surface area contributed by atoms with Crippen molar-refractivity contribution in [3.8, 4) is 22.5 Å². The lowest BCUT2D eigenvalue weighted by molar-refractivity contribution is -0.149. The number of carboxylic acid groups (broad SMARTS) is 1. The highest BCUT2D eigenvalue weighted by Gasteiger charge is 2.45. The Labute approximate surface area is 208 Å². The molecule has 0 bridgehead atoms. The van der Waals surface area contributed by atoms with E-state index in [4.69, 9.17) is 0 Å². The molecule has 3 heterocycles. The van der Waals surface area contributed by atoms with Crippen molar-refractivity contribution in [3.63, 3.8) is 0 Å². The molecule has 3 unspecified atom stereocenters. The lowest BCUT2D eigenvalue weighted by Gasteiger charge is -2.40. The molecule has 3 atom stereocenters. The molecule has 3 aromatic heterocycles. The average molecular weight is 488 g/mol. The molecular weight excluding hydrogens is 458 g/mol. The zero-order valence-electron chi connectivity index (χ0n) is 20.3. The average Bonchev–Trinajstić information content (AvgIpc) is 3.51. The van der Waals surface area contributed by atoms with Gasteiger partial charge in [-0.2, -0.15) is 0 Å². The number of carboxylic acids is 1. The van der Waals surface area contributed by atoms with E-state index in [-0.39, 0.29) is 17.6 Å². The number of benzene rings is 1. The Morgan fingerprint density at radius 1 is 1.19 bits per heavy atom. The quantitative estimate of drug-likeness (QED) is 0.369. The molecule has 1 aliphatic rings. The molecule has 0 saturated heterocycles. The van der Waals surface area contributed by atoms with Gasteiger partial charge < -0.3 is 5.11 Å². The van der Waals surface area contributed by atoms with Gasteiger partial charge in [-0.25, -0.2) is 9.89 Å². The summed E-state index contributed by atoms with van der Waals surface area (Å²) in [5.74, 6) is -0.696. The van der Waals surface area contributed by atoms with E-state index in [0.29, 0.717) is 18.8 Å². The summed E-state index contributed by atoms with van der Waals surface area (Å²) in [6.07, 6.45) is 8.65. The van der Waals surface area contributed by atoms with Crippen LogP contribution in [0.1, 0.15) is 50.4 Å². The van der Waals surface area contributed by atoms with Gasteiger partial charge >= 0.3 is 11.7 Å². The van der Waals surface area contributed by atoms with Crippen molar-refractivity contribution in [2.24, 2.45) is 11.8 Å². The van der Waals surface area contributed by atoms with Crippen molar-refractivity contribution in [3.05, 3.63) is 70.7 Å². The Kier molecular flexibility index (Phi) is 6.49. The standard InChI is InChI=1S/C26H29N7O3/c1-3-4-7-18-15-33(23-16(2)12-22(23)25(34)35)26(36)32(18)14-17-13-27-11-10-19(17)20-8-5-6-9-21(20)24-28-30-31-29-24/h5-6,8-11,13,15-16,22-23H,3-4,7,12,14H2,1-2H3,(H,34,35)(H,28,29,30,31). The lowest BCUT2D eigenvalue weighted by Crippen LogP contribution is -2.45. The number of nitrogens with one attached hydrogen (secondary N) is 1. The predicted octanol–water partition coefficient (Wildman–Crippen LogP) is 3.56. The van der Waals surface area contributed by atoms with Crippen LogP contribution in [0.3, 0.4) is 0 Å². The van der Waals surface area contributed by atoms with Crippen molar-refractivity contribution < 1.29 is 9.90 Å². The Morgan fingerprint density at radius 3 is 2.69 bits per heavy atom. The maximum absolute atomic E-state index is 13.7. The number of aliphatic carboxylic acids is 1. The van der Waals surface area contributed by atoms with Gasteiger partial charge in [0.15, 0.2) is 5.82 Å². The van der Waals surface area contributed by atoms with Crippen LogP contribution in [0.5, 0.6) is 0 Å². The van der Waals surface area contributed by atoms with Crippen LogP contribution in [0.25, 0.3) is 22.5 Å². The molecular formula is C26H29N7O3. The van der Waals surface area contributed by atoms with E-state index in [1.165, 1.54) is 0 Å². The van der Waals surface area contributed by atoms with E-state index < -0.39 is 11.9 Å². The third-order valence-electron chi connectivity index (χ3n) is 7.18. The minimum absolute atomic E-state index is 0.134. The van der Waals surface area contributed by atoms with Gasteiger partial charge in [0, 0.05) is 29.8 Å². The number of rotatable bonds is 9. The van der Waals surface area contributed by atoms with Gasteiger partial charge in [-0.15, -0.1) is 5.10 Å². The Hall–Kier alpha value is -4.08. The summed E-state index contributed by atoms with van der Waals surface area (Å²) in [5.41, 5.74) is 4.32. The summed E-state index contributed by atoms with van der Waals surface area (Å²) < 4.78 is 3.43. The number of aromatic nitrogens is 7. The molecule has 4 aromatic rings. The first-order chi connectivity index (χ1) is 17.5. The fraction of sp³-hybridized carbons (Fsp3) is 0.385. The number of hydrogen-bond acceptors (Lipinski definition) is 6. The third-order valence-corrected chi connectivity index (χ3v) is 7.18. The summed E-state index contributed by atoms with van der Waals surface area (Å²) in [6, 6.07) is 9.42. The SMILES string of the molecule is CCCCc1cn(C2C(C)CC2C(=O)O)c(=O)n1Cc1cnccc1-c1ccccc1-c1nnn[nH]1. The van der Waals surface area contributed by atoms with Crippen LogP contribution in [-0.2, 0) is 17.8 Å². The molecule has 10 heteroatoms. The normalized spacial score (nSPS) is 19.2. The summed E-state index contributed by atoms with van der Waals surface area (Å²) in [6.45, 7) is 4.45. The van der Waals surface area contributed by atoms with E-state index >= 15 is 0 Å². The largest absolute Gasteiger partial charge is 0.481 e. The van der Waals surface area contributed by atoms with Crippen LogP contribution in [0.2, 0.25) is 0 Å². The van der Waals surface area contributed by atoms with Gasteiger partial charge in [-0.3, -0.25) is 18.9 Å². The van der Waals surface area contributed by atoms with Crippen LogP contribution in [0, 0.1) is 11.8 Å². The molecule has 2 N–H and O–H groups in total. The maximum atomic E-state index is 13.7. The molecule has 0 spiro atoms. The second kappa shape index (κ2) is 9.88. The van der Waals surface area contributed by atoms with Gasteiger partial charge in [0.1, 0.15) is 0 Å². The zero-order valence-corrected chi connectivity index (χ0v) is 20.3. The maximum Gasteiger partial charge on any atom is 0.328 e. The van der Waals surface area contributed by atoms with Crippen LogP contribution in [0.15, 0.2) is 53.7 Å².